The van der Waals surface area contributed by atoms with Crippen LogP contribution in [0.25, 0.3) is 0 Å². The molecule has 51 heavy (non-hydrogen) atoms. The Bertz CT molecular complexity index is 1150. The van der Waals surface area contributed by atoms with E-state index in [1.807, 2.05) is 27.7 Å². The third kappa shape index (κ3) is 13.9. The van der Waals surface area contributed by atoms with Crippen LogP contribution in [0, 0.1) is 17.8 Å². The van der Waals surface area contributed by atoms with Gasteiger partial charge in [-0.3, -0.25) is 19.2 Å². The van der Waals surface area contributed by atoms with Crippen LogP contribution in [0.4, 0.5) is 4.79 Å². The smallest absolute Gasteiger partial charge is 0.315 e. The Balaban J connectivity index is 1.60. The molecule has 3 saturated carbocycles. The van der Waals surface area contributed by atoms with Crippen LogP contribution in [-0.2, 0) is 28.7 Å². The topological polar surface area (TPSA) is 167 Å². The lowest BCUT2D eigenvalue weighted by atomic mass is 9.84. The molecule has 13 nitrogen and oxygen atoms in total. The van der Waals surface area contributed by atoms with E-state index in [1.165, 1.54) is 16.2 Å². The average molecular weight is 722 g/mol. The fourth-order valence-corrected chi connectivity index (χ4v) is 7.80. The van der Waals surface area contributed by atoms with Gasteiger partial charge in [0.25, 0.3) is 0 Å². The molecule has 3 rings (SSSR count). The molecule has 4 unspecified atom stereocenters. The second kappa shape index (κ2) is 20.5. The Labute approximate surface area is 305 Å². The molecule has 0 aromatic heterocycles. The number of nitrogens with one attached hydrogen (secondary N) is 3. The molecule has 3 aliphatic carbocycles. The van der Waals surface area contributed by atoms with E-state index in [0.717, 1.165) is 44.9 Å². The van der Waals surface area contributed by atoms with Gasteiger partial charge in [0.05, 0.1) is 37.3 Å². The number of hydrogen-bond donors (Lipinski definition) is 4. The molecule has 4 amide bonds. The molecule has 4 atom stereocenters. The Hall–Kier alpha value is -2.77. The first-order valence-electron chi connectivity index (χ1n) is 19.3. The van der Waals surface area contributed by atoms with E-state index in [1.54, 1.807) is 14.2 Å². The van der Waals surface area contributed by atoms with Gasteiger partial charge >= 0.3 is 12.0 Å². The van der Waals surface area contributed by atoms with E-state index in [0.29, 0.717) is 38.1 Å². The van der Waals surface area contributed by atoms with Gasteiger partial charge in [-0.2, -0.15) is 0 Å². The van der Waals surface area contributed by atoms with Crippen LogP contribution >= 0.6 is 0 Å². The molecular weight excluding hydrogens is 654 g/mol. The first-order chi connectivity index (χ1) is 24.1. The van der Waals surface area contributed by atoms with Gasteiger partial charge in [0.2, 0.25) is 11.8 Å². The number of carbonyl (C=O) groups is 5. The number of ketones is 1. The van der Waals surface area contributed by atoms with Gasteiger partial charge in [-0.25, -0.2) is 4.79 Å². The van der Waals surface area contributed by atoms with E-state index in [9.17, 15) is 29.1 Å². The van der Waals surface area contributed by atoms with E-state index in [2.05, 4.69) is 22.9 Å². The molecule has 3 aliphatic rings. The quantitative estimate of drug-likeness (QED) is 0.163. The third-order valence-electron chi connectivity index (χ3n) is 11.3. The lowest BCUT2D eigenvalue weighted by molar-refractivity contribution is -0.148. The second-order valence-electron chi connectivity index (χ2n) is 16.2. The number of aliphatic carboxylic acids is 1. The van der Waals surface area contributed by atoms with E-state index >= 15 is 0 Å². The normalized spacial score (nSPS) is 27.0. The van der Waals surface area contributed by atoms with Crippen LogP contribution in [-0.4, -0.2) is 121 Å². The number of Topliss-reactive ketones (excluding diaryl/α,β-unsaturated/α-hetero) is 1. The lowest BCUT2D eigenvalue weighted by Crippen LogP contribution is -2.57. The molecule has 0 heterocycles. The molecule has 3 fully saturated rings. The van der Waals surface area contributed by atoms with E-state index < -0.39 is 17.4 Å². The molecule has 0 radical (unpaired) electrons. The van der Waals surface area contributed by atoms with Crippen LogP contribution in [0.1, 0.15) is 118 Å². The maximum Gasteiger partial charge on any atom is 0.315 e. The molecule has 13 heteroatoms. The number of nitrogens with zero attached hydrogens (tertiary/aromatic N) is 2. The van der Waals surface area contributed by atoms with E-state index in [4.69, 9.17) is 9.47 Å². The van der Waals surface area contributed by atoms with Crippen molar-refractivity contribution in [1.29, 1.82) is 0 Å². The summed E-state index contributed by atoms with van der Waals surface area (Å²) in [5, 5.41) is 19.3. The number of amides is 4. The minimum absolute atomic E-state index is 0.0890. The zero-order valence-electron chi connectivity index (χ0n) is 32.3. The number of carboxylic acid groups (broad SMARTS) is 1. The third-order valence-corrected chi connectivity index (χ3v) is 11.3. The molecule has 0 bridgehead atoms. The van der Waals surface area contributed by atoms with Gasteiger partial charge in [-0.1, -0.05) is 33.6 Å². The summed E-state index contributed by atoms with van der Waals surface area (Å²) in [4.78, 5) is 68.6. The molecular formula is C38H67N5O8. The highest BCUT2D eigenvalue weighted by Gasteiger charge is 2.38. The number of ether oxygens (including phenoxy) is 2. The van der Waals surface area contributed by atoms with Crippen LogP contribution in [0.3, 0.4) is 0 Å². The molecule has 0 aromatic carbocycles. The highest BCUT2D eigenvalue weighted by Crippen LogP contribution is 2.30. The van der Waals surface area contributed by atoms with Gasteiger partial charge in [0.15, 0.2) is 5.78 Å². The summed E-state index contributed by atoms with van der Waals surface area (Å²) in [7, 11) is 3.19. The number of urea groups is 1. The first kappa shape index (κ1) is 42.6. The number of methoxy groups -OCH3 is 2. The first-order valence-corrected chi connectivity index (χ1v) is 19.3. The van der Waals surface area contributed by atoms with Crippen molar-refractivity contribution in [2.45, 2.75) is 154 Å². The summed E-state index contributed by atoms with van der Waals surface area (Å²) in [5.41, 5.74) is -0.916. The van der Waals surface area contributed by atoms with Gasteiger partial charge in [-0.15, -0.1) is 0 Å². The van der Waals surface area contributed by atoms with Gasteiger partial charge < -0.3 is 40.3 Å². The number of carbonyl (C=O) groups excluding carboxylic acids is 4. The Kier molecular flexibility index (Phi) is 17.1. The van der Waals surface area contributed by atoms with Crippen molar-refractivity contribution < 1.29 is 38.6 Å². The summed E-state index contributed by atoms with van der Waals surface area (Å²) in [6.07, 6.45) is 9.43. The lowest BCUT2D eigenvalue weighted by Gasteiger charge is -2.37. The Morgan fingerprint density at radius 2 is 1.41 bits per heavy atom. The molecule has 0 spiro atoms. The predicted molar refractivity (Wildman–Crippen MR) is 195 cm³/mol. The van der Waals surface area contributed by atoms with Gasteiger partial charge in [0, 0.05) is 51.4 Å². The zero-order valence-corrected chi connectivity index (χ0v) is 32.3. The van der Waals surface area contributed by atoms with Gasteiger partial charge in [-0.05, 0) is 89.9 Å². The van der Waals surface area contributed by atoms with Crippen molar-refractivity contribution in [2.75, 3.05) is 40.4 Å². The number of hydrogen-bond acceptors (Lipinski definition) is 8. The van der Waals surface area contributed by atoms with E-state index in [-0.39, 0.29) is 85.9 Å². The predicted octanol–water partition coefficient (Wildman–Crippen LogP) is 4.12. The molecule has 0 saturated heterocycles. The van der Waals surface area contributed by atoms with Crippen molar-refractivity contribution in [3.63, 3.8) is 0 Å². The molecule has 4 N–H and O–H groups in total. The fraction of sp³-hybridized carbons (Fsp3) is 0.868. The second-order valence-corrected chi connectivity index (χ2v) is 16.2. The highest BCUT2D eigenvalue weighted by atomic mass is 16.5. The fourth-order valence-electron chi connectivity index (χ4n) is 7.80. The van der Waals surface area contributed by atoms with Crippen molar-refractivity contribution >= 4 is 29.6 Å². The summed E-state index contributed by atoms with van der Waals surface area (Å²) in [6, 6.07) is 0.320. The van der Waals surface area contributed by atoms with Crippen molar-refractivity contribution in [1.82, 2.24) is 25.8 Å². The van der Waals surface area contributed by atoms with Gasteiger partial charge in [0.1, 0.15) is 0 Å². The minimum atomic E-state index is -1.06. The van der Waals surface area contributed by atoms with Crippen LogP contribution in [0.15, 0.2) is 0 Å². The summed E-state index contributed by atoms with van der Waals surface area (Å²) in [6.45, 7) is 9.79. The van der Waals surface area contributed by atoms with Crippen molar-refractivity contribution in [3.8, 4) is 0 Å². The van der Waals surface area contributed by atoms with Crippen LogP contribution < -0.4 is 16.0 Å². The maximum absolute atomic E-state index is 13.9. The molecule has 292 valence electrons. The minimum Gasteiger partial charge on any atom is -0.481 e. The largest absolute Gasteiger partial charge is 0.481 e. The van der Waals surface area contributed by atoms with Crippen LogP contribution in [0.2, 0.25) is 0 Å². The maximum atomic E-state index is 13.9. The van der Waals surface area contributed by atoms with Crippen molar-refractivity contribution in [3.05, 3.63) is 0 Å². The summed E-state index contributed by atoms with van der Waals surface area (Å²) < 4.78 is 11.1. The van der Waals surface area contributed by atoms with Crippen LogP contribution in [0.5, 0.6) is 0 Å². The molecule has 0 aliphatic heterocycles. The highest BCUT2D eigenvalue weighted by molar-refractivity contribution is 5.93. The Morgan fingerprint density at radius 1 is 0.804 bits per heavy atom. The summed E-state index contributed by atoms with van der Waals surface area (Å²) >= 11 is 0. The average Bonchev–Trinajstić information content (AvgIpc) is 3.09. The standard InChI is InChI=1S/C38H67N5O8/c1-25(2)16-18-42(34(45)24-43(19-17-35(46)47)36(48)27-20-30(50-6)22-31(21-27)51-7)23-33(44)38(4,5)41-29-14-12-28(13-15-29)39-37(49)40-32-11-9-8-10-26(32)3/h25-32,41H,8-24H2,1-7H3,(H,46,47)(H2,39,40,49). The Morgan fingerprint density at radius 3 is 1.98 bits per heavy atom. The zero-order chi connectivity index (χ0) is 37.7. The molecule has 0 aromatic rings. The SMILES string of the molecule is COC1CC(OC)CC(C(=O)N(CCC(=O)O)CC(=O)N(CCC(C)C)CC(=O)C(C)(C)NC2CCC(NC(=O)NC3CCCCC3C)CC2)C1. The summed E-state index contributed by atoms with van der Waals surface area (Å²) in [5.74, 6) is -1.57. The monoisotopic (exact) mass is 721 g/mol. The number of carboxylic acids is 1. The number of rotatable bonds is 18. The van der Waals surface area contributed by atoms with Crippen molar-refractivity contribution in [2.24, 2.45) is 17.8 Å².